The van der Waals surface area contributed by atoms with E-state index < -0.39 is 0 Å². The van der Waals surface area contributed by atoms with Crippen molar-refractivity contribution in [2.24, 2.45) is 5.10 Å². The summed E-state index contributed by atoms with van der Waals surface area (Å²) >= 11 is 0. The Bertz CT molecular complexity index is 803. The van der Waals surface area contributed by atoms with Crippen LogP contribution in [0.1, 0.15) is 29.8 Å². The Kier molecular flexibility index (Phi) is 7.91. The summed E-state index contributed by atoms with van der Waals surface area (Å²) in [5.41, 5.74) is 3.69. The molecular weight excluding hydrogens is 344 g/mol. The van der Waals surface area contributed by atoms with Gasteiger partial charge in [0, 0.05) is 11.1 Å². The molecule has 2 rings (SSSR count). The second-order valence-corrected chi connectivity index (χ2v) is 5.36. The second kappa shape index (κ2) is 10.7. The average Bonchev–Trinajstić information content (AvgIpc) is 2.68. The first-order valence-corrected chi connectivity index (χ1v) is 8.75. The number of nitrogens with one attached hydrogen (secondary N) is 1. The predicted molar refractivity (Wildman–Crippen MR) is 106 cm³/mol. The van der Waals surface area contributed by atoms with Gasteiger partial charge in [0.25, 0.3) is 5.91 Å². The summed E-state index contributed by atoms with van der Waals surface area (Å²) in [5.74, 6) is 1.45. The van der Waals surface area contributed by atoms with Crippen molar-refractivity contribution in [2.75, 3.05) is 19.8 Å². The molecular formula is C21H24N2O4. The molecule has 0 aliphatic heterocycles. The van der Waals surface area contributed by atoms with Gasteiger partial charge in [0.1, 0.15) is 12.4 Å². The summed E-state index contributed by atoms with van der Waals surface area (Å²) in [4.78, 5) is 12.4. The maximum Gasteiger partial charge on any atom is 0.271 e. The normalized spacial score (nSPS) is 10.4. The van der Waals surface area contributed by atoms with Crippen molar-refractivity contribution < 1.29 is 19.0 Å². The summed E-state index contributed by atoms with van der Waals surface area (Å²) in [6, 6.07) is 12.4. The van der Waals surface area contributed by atoms with Crippen molar-refractivity contribution in [3.8, 4) is 17.2 Å². The van der Waals surface area contributed by atoms with E-state index >= 15 is 0 Å². The first-order valence-electron chi connectivity index (χ1n) is 8.75. The highest BCUT2D eigenvalue weighted by molar-refractivity contribution is 5.95. The fraction of sp³-hybridized carbons (Fsp3) is 0.238. The lowest BCUT2D eigenvalue weighted by Crippen LogP contribution is -2.18. The van der Waals surface area contributed by atoms with Crippen LogP contribution in [-0.4, -0.2) is 31.9 Å². The lowest BCUT2D eigenvalue weighted by Gasteiger charge is -2.11. The Hall–Kier alpha value is -3.28. The first kappa shape index (κ1) is 20.0. The van der Waals surface area contributed by atoms with Crippen molar-refractivity contribution in [1.29, 1.82) is 0 Å². The molecule has 0 saturated heterocycles. The standard InChI is InChI=1S/C21H24N2O4/c1-4-13-27-18-10-8-7-9-17(18)15-22-23-21(24)16-11-12-19(25-5-2)20(14-16)26-6-3/h4,7-12,14-15H,1,5-6,13H2,2-3H3,(H,23,24)/b22-15+. The van der Waals surface area contributed by atoms with Crippen LogP contribution in [0.25, 0.3) is 0 Å². The van der Waals surface area contributed by atoms with Crippen LogP contribution in [0.15, 0.2) is 60.2 Å². The summed E-state index contributed by atoms with van der Waals surface area (Å²) < 4.78 is 16.6. The van der Waals surface area contributed by atoms with E-state index in [0.29, 0.717) is 42.6 Å². The van der Waals surface area contributed by atoms with Gasteiger partial charge in [-0.2, -0.15) is 5.10 Å². The summed E-state index contributed by atoms with van der Waals surface area (Å²) in [5, 5.41) is 4.02. The lowest BCUT2D eigenvalue weighted by molar-refractivity contribution is 0.0954. The number of ether oxygens (including phenoxy) is 3. The topological polar surface area (TPSA) is 69.2 Å². The molecule has 0 atom stereocenters. The summed E-state index contributed by atoms with van der Waals surface area (Å²) in [6.07, 6.45) is 3.20. The molecule has 142 valence electrons. The Morgan fingerprint density at radius 3 is 2.52 bits per heavy atom. The van der Waals surface area contributed by atoms with Crippen LogP contribution in [0, 0.1) is 0 Å². The van der Waals surface area contributed by atoms with Gasteiger partial charge in [0.2, 0.25) is 0 Å². The highest BCUT2D eigenvalue weighted by Gasteiger charge is 2.11. The highest BCUT2D eigenvalue weighted by Crippen LogP contribution is 2.28. The minimum Gasteiger partial charge on any atom is -0.490 e. The van der Waals surface area contributed by atoms with Crippen LogP contribution in [0.3, 0.4) is 0 Å². The van der Waals surface area contributed by atoms with Crippen LogP contribution in [0.4, 0.5) is 0 Å². The number of nitrogens with zero attached hydrogens (tertiary/aromatic N) is 1. The van der Waals surface area contributed by atoms with E-state index in [2.05, 4.69) is 17.1 Å². The van der Waals surface area contributed by atoms with Crippen molar-refractivity contribution in [2.45, 2.75) is 13.8 Å². The molecule has 0 unspecified atom stereocenters. The molecule has 0 spiro atoms. The van der Waals surface area contributed by atoms with Gasteiger partial charge >= 0.3 is 0 Å². The van der Waals surface area contributed by atoms with Crippen molar-refractivity contribution in [1.82, 2.24) is 5.43 Å². The van der Waals surface area contributed by atoms with E-state index in [1.54, 1.807) is 24.3 Å². The van der Waals surface area contributed by atoms with Gasteiger partial charge in [-0.1, -0.05) is 24.8 Å². The van der Waals surface area contributed by atoms with Crippen molar-refractivity contribution >= 4 is 12.1 Å². The van der Waals surface area contributed by atoms with E-state index in [1.165, 1.54) is 6.21 Å². The zero-order valence-corrected chi connectivity index (χ0v) is 15.6. The van der Waals surface area contributed by atoms with E-state index in [0.717, 1.165) is 5.56 Å². The smallest absolute Gasteiger partial charge is 0.271 e. The third-order valence-electron chi connectivity index (χ3n) is 3.45. The van der Waals surface area contributed by atoms with Crippen molar-refractivity contribution in [3.63, 3.8) is 0 Å². The Balaban J connectivity index is 2.08. The monoisotopic (exact) mass is 368 g/mol. The molecule has 27 heavy (non-hydrogen) atoms. The minimum absolute atomic E-state index is 0.347. The molecule has 0 saturated carbocycles. The largest absolute Gasteiger partial charge is 0.490 e. The quantitative estimate of drug-likeness (QED) is 0.393. The summed E-state index contributed by atoms with van der Waals surface area (Å²) in [6.45, 7) is 8.78. The van der Waals surface area contributed by atoms with Gasteiger partial charge in [0.05, 0.1) is 19.4 Å². The average molecular weight is 368 g/mol. The number of rotatable bonds is 10. The van der Waals surface area contributed by atoms with Gasteiger partial charge in [-0.05, 0) is 44.2 Å². The molecule has 0 aliphatic carbocycles. The number of hydrogen-bond donors (Lipinski definition) is 1. The van der Waals surface area contributed by atoms with Crippen LogP contribution in [0.2, 0.25) is 0 Å². The van der Waals surface area contributed by atoms with E-state index in [1.807, 2.05) is 38.1 Å². The molecule has 0 fully saturated rings. The van der Waals surface area contributed by atoms with Crippen LogP contribution in [0.5, 0.6) is 17.2 Å². The molecule has 0 aromatic heterocycles. The number of carbonyl (C=O) groups excluding carboxylic acids is 1. The first-order chi connectivity index (χ1) is 13.2. The fourth-order valence-corrected chi connectivity index (χ4v) is 2.28. The molecule has 0 aliphatic rings. The van der Waals surface area contributed by atoms with Gasteiger partial charge < -0.3 is 14.2 Å². The second-order valence-electron chi connectivity index (χ2n) is 5.36. The lowest BCUT2D eigenvalue weighted by atomic mass is 10.2. The van der Waals surface area contributed by atoms with Gasteiger partial charge in [-0.15, -0.1) is 0 Å². The molecule has 2 aromatic carbocycles. The maximum absolute atomic E-state index is 12.4. The third-order valence-corrected chi connectivity index (χ3v) is 3.45. The van der Waals surface area contributed by atoms with E-state index in [4.69, 9.17) is 14.2 Å². The van der Waals surface area contributed by atoms with E-state index in [-0.39, 0.29) is 5.91 Å². The van der Waals surface area contributed by atoms with Gasteiger partial charge in [-0.3, -0.25) is 4.79 Å². The zero-order chi connectivity index (χ0) is 19.5. The summed E-state index contributed by atoms with van der Waals surface area (Å²) in [7, 11) is 0. The maximum atomic E-state index is 12.4. The predicted octanol–water partition coefficient (Wildman–Crippen LogP) is 3.81. The molecule has 0 heterocycles. The molecule has 1 N–H and O–H groups in total. The fourth-order valence-electron chi connectivity index (χ4n) is 2.28. The van der Waals surface area contributed by atoms with Crippen molar-refractivity contribution in [3.05, 3.63) is 66.2 Å². The number of benzene rings is 2. The number of hydrazone groups is 1. The number of hydrogen-bond acceptors (Lipinski definition) is 5. The van der Waals surface area contributed by atoms with Crippen LogP contribution >= 0.6 is 0 Å². The third kappa shape index (κ3) is 5.88. The number of amides is 1. The number of carbonyl (C=O) groups is 1. The van der Waals surface area contributed by atoms with E-state index in [9.17, 15) is 4.79 Å². The van der Waals surface area contributed by atoms with Gasteiger partial charge in [-0.25, -0.2) is 5.43 Å². The highest BCUT2D eigenvalue weighted by atomic mass is 16.5. The molecule has 6 nitrogen and oxygen atoms in total. The number of para-hydroxylation sites is 1. The van der Waals surface area contributed by atoms with Crippen LogP contribution in [-0.2, 0) is 0 Å². The molecule has 6 heteroatoms. The molecule has 2 aromatic rings. The Labute approximate surface area is 159 Å². The van der Waals surface area contributed by atoms with Gasteiger partial charge in [0.15, 0.2) is 11.5 Å². The Morgan fingerprint density at radius 2 is 1.78 bits per heavy atom. The zero-order valence-electron chi connectivity index (χ0n) is 15.6. The molecule has 0 radical (unpaired) electrons. The SMILES string of the molecule is C=CCOc1ccccc1/C=N/NC(=O)c1ccc(OCC)c(OCC)c1. The molecule has 0 bridgehead atoms. The van der Waals surface area contributed by atoms with Crippen LogP contribution < -0.4 is 19.6 Å². The molecule has 1 amide bonds. The Morgan fingerprint density at radius 1 is 1.04 bits per heavy atom. The minimum atomic E-state index is -0.347.